The van der Waals surface area contributed by atoms with Crippen molar-refractivity contribution in [2.75, 3.05) is 16.6 Å². The van der Waals surface area contributed by atoms with Gasteiger partial charge in [0.05, 0.1) is 10.6 Å². The lowest BCUT2D eigenvalue weighted by Gasteiger charge is -2.11. The lowest BCUT2D eigenvalue weighted by Crippen LogP contribution is -2.20. The fourth-order valence-corrected chi connectivity index (χ4v) is 4.80. The average Bonchev–Trinajstić information content (AvgIpc) is 2.83. The minimum absolute atomic E-state index is 0.0462. The number of sulfonamides is 1. The first-order chi connectivity index (χ1) is 17.7. The van der Waals surface area contributed by atoms with E-state index in [1.54, 1.807) is 42.5 Å². The Morgan fingerprint density at radius 3 is 2.08 bits per heavy atom. The van der Waals surface area contributed by atoms with Gasteiger partial charge in [0.25, 0.3) is 15.9 Å². The standard InChI is InChI=1S/C28H25ClN2O5S/c1-19-14-20(2)16-26(15-19)36-25-10-8-24(9-11-25)35-18-28(32)30-22-6-12-27(13-7-22)37(33,34)31-23-5-3-4-21(29)17-23/h3-17,31H,18H2,1-2H3,(H,30,32). The lowest BCUT2D eigenvalue weighted by molar-refractivity contribution is -0.118. The molecule has 4 aromatic carbocycles. The molecule has 0 spiro atoms. The third-order valence-electron chi connectivity index (χ3n) is 5.15. The zero-order valence-corrected chi connectivity index (χ0v) is 21.8. The number of carbonyl (C=O) groups excluding carboxylic acids is 1. The molecule has 0 unspecified atom stereocenters. The minimum Gasteiger partial charge on any atom is -0.484 e. The number of amides is 1. The van der Waals surface area contributed by atoms with Crippen LogP contribution in [0.1, 0.15) is 11.1 Å². The molecular formula is C28H25ClN2O5S. The predicted molar refractivity (Wildman–Crippen MR) is 145 cm³/mol. The Morgan fingerprint density at radius 1 is 0.784 bits per heavy atom. The highest BCUT2D eigenvalue weighted by Gasteiger charge is 2.15. The molecule has 0 aliphatic rings. The SMILES string of the molecule is Cc1cc(C)cc(Oc2ccc(OCC(=O)Nc3ccc(S(=O)(=O)Nc4cccc(Cl)c4)cc3)cc2)c1. The molecule has 4 aromatic rings. The molecule has 0 saturated carbocycles. The summed E-state index contributed by atoms with van der Waals surface area (Å²) >= 11 is 5.91. The number of ether oxygens (including phenoxy) is 2. The molecule has 0 atom stereocenters. The number of anilines is 2. The van der Waals surface area contributed by atoms with Crippen LogP contribution in [0.5, 0.6) is 17.2 Å². The van der Waals surface area contributed by atoms with Crippen LogP contribution in [-0.4, -0.2) is 20.9 Å². The van der Waals surface area contributed by atoms with Crippen molar-refractivity contribution in [1.82, 2.24) is 0 Å². The van der Waals surface area contributed by atoms with Gasteiger partial charge < -0.3 is 14.8 Å². The molecule has 7 nitrogen and oxygen atoms in total. The molecule has 190 valence electrons. The van der Waals surface area contributed by atoms with Gasteiger partial charge in [-0.05, 0) is 104 Å². The summed E-state index contributed by atoms with van der Waals surface area (Å²) in [6.45, 7) is 3.81. The Balaban J connectivity index is 1.28. The van der Waals surface area contributed by atoms with Crippen LogP contribution in [-0.2, 0) is 14.8 Å². The normalized spacial score (nSPS) is 11.0. The second kappa shape index (κ2) is 11.4. The molecule has 9 heteroatoms. The highest BCUT2D eigenvalue weighted by atomic mass is 35.5. The molecule has 0 heterocycles. The number of nitrogens with one attached hydrogen (secondary N) is 2. The van der Waals surface area contributed by atoms with Gasteiger partial charge in [-0.25, -0.2) is 8.42 Å². The van der Waals surface area contributed by atoms with E-state index in [9.17, 15) is 13.2 Å². The summed E-state index contributed by atoms with van der Waals surface area (Å²) in [5.41, 5.74) is 3.03. The number of halogens is 1. The molecule has 2 N–H and O–H groups in total. The van der Waals surface area contributed by atoms with Crippen molar-refractivity contribution in [1.29, 1.82) is 0 Å². The van der Waals surface area contributed by atoms with Gasteiger partial charge in [0, 0.05) is 10.7 Å². The number of benzene rings is 4. The Kier molecular flexibility index (Phi) is 8.01. The highest BCUT2D eigenvalue weighted by molar-refractivity contribution is 7.92. The van der Waals surface area contributed by atoms with Gasteiger partial charge in [-0.1, -0.05) is 23.7 Å². The smallest absolute Gasteiger partial charge is 0.262 e. The number of carbonyl (C=O) groups is 1. The van der Waals surface area contributed by atoms with Gasteiger partial charge in [0.15, 0.2) is 6.61 Å². The summed E-state index contributed by atoms with van der Waals surface area (Å²) in [5.74, 6) is 1.53. The highest BCUT2D eigenvalue weighted by Crippen LogP contribution is 2.26. The van der Waals surface area contributed by atoms with E-state index in [0.29, 0.717) is 27.9 Å². The van der Waals surface area contributed by atoms with E-state index in [1.807, 2.05) is 26.0 Å². The van der Waals surface area contributed by atoms with E-state index in [4.69, 9.17) is 21.1 Å². The Hall–Kier alpha value is -4.01. The molecule has 1 amide bonds. The molecule has 0 aliphatic heterocycles. The molecule has 0 fully saturated rings. The molecule has 0 aliphatic carbocycles. The number of rotatable bonds is 9. The first kappa shape index (κ1) is 26.1. The van der Waals surface area contributed by atoms with Crippen LogP contribution in [0.2, 0.25) is 5.02 Å². The first-order valence-corrected chi connectivity index (χ1v) is 13.2. The van der Waals surface area contributed by atoms with Crippen LogP contribution >= 0.6 is 11.6 Å². The van der Waals surface area contributed by atoms with Crippen molar-refractivity contribution in [3.63, 3.8) is 0 Å². The van der Waals surface area contributed by atoms with E-state index in [1.165, 1.54) is 30.3 Å². The maximum Gasteiger partial charge on any atom is 0.262 e. The summed E-state index contributed by atoms with van der Waals surface area (Å²) in [4.78, 5) is 12.4. The second-order valence-electron chi connectivity index (χ2n) is 8.37. The molecule has 0 aromatic heterocycles. The summed E-state index contributed by atoms with van der Waals surface area (Å²) in [5, 5.41) is 3.10. The lowest BCUT2D eigenvalue weighted by atomic mass is 10.1. The zero-order valence-electron chi connectivity index (χ0n) is 20.2. The Labute approximate surface area is 221 Å². The largest absolute Gasteiger partial charge is 0.484 e. The maximum absolute atomic E-state index is 12.6. The molecule has 0 saturated heterocycles. The predicted octanol–water partition coefficient (Wildman–Crippen LogP) is 6.57. The van der Waals surface area contributed by atoms with E-state index < -0.39 is 10.0 Å². The monoisotopic (exact) mass is 536 g/mol. The number of hydrogen-bond acceptors (Lipinski definition) is 5. The minimum atomic E-state index is -3.81. The topological polar surface area (TPSA) is 93.7 Å². The van der Waals surface area contributed by atoms with Crippen molar-refractivity contribution >= 4 is 38.9 Å². The Morgan fingerprint density at radius 2 is 1.43 bits per heavy atom. The summed E-state index contributed by atoms with van der Waals surface area (Å²) < 4.78 is 39.1. The van der Waals surface area contributed by atoms with E-state index in [2.05, 4.69) is 16.1 Å². The third-order valence-corrected chi connectivity index (χ3v) is 6.78. The van der Waals surface area contributed by atoms with E-state index in [-0.39, 0.29) is 17.4 Å². The van der Waals surface area contributed by atoms with Gasteiger partial charge in [-0.3, -0.25) is 9.52 Å². The van der Waals surface area contributed by atoms with Crippen molar-refractivity contribution < 1.29 is 22.7 Å². The average molecular weight is 537 g/mol. The van der Waals surface area contributed by atoms with Crippen LogP contribution in [0.25, 0.3) is 0 Å². The number of aryl methyl sites for hydroxylation is 2. The fourth-order valence-electron chi connectivity index (χ4n) is 3.56. The zero-order chi connectivity index (χ0) is 26.4. The fraction of sp³-hybridized carbons (Fsp3) is 0.107. The van der Waals surface area contributed by atoms with Gasteiger partial charge in [0.2, 0.25) is 0 Å². The molecular weight excluding hydrogens is 512 g/mol. The van der Waals surface area contributed by atoms with Crippen LogP contribution in [0.15, 0.2) is 95.9 Å². The summed E-state index contributed by atoms with van der Waals surface area (Å²) in [6.07, 6.45) is 0. The number of hydrogen-bond donors (Lipinski definition) is 2. The van der Waals surface area contributed by atoms with Gasteiger partial charge in [0.1, 0.15) is 17.2 Å². The van der Waals surface area contributed by atoms with Crippen LogP contribution < -0.4 is 19.5 Å². The van der Waals surface area contributed by atoms with Crippen molar-refractivity contribution in [3.8, 4) is 17.2 Å². The molecule has 0 bridgehead atoms. The van der Waals surface area contributed by atoms with E-state index >= 15 is 0 Å². The van der Waals surface area contributed by atoms with Crippen LogP contribution in [0.4, 0.5) is 11.4 Å². The van der Waals surface area contributed by atoms with Crippen molar-refractivity contribution in [2.24, 2.45) is 0 Å². The van der Waals surface area contributed by atoms with E-state index in [0.717, 1.165) is 16.9 Å². The third kappa shape index (κ3) is 7.49. The Bertz CT molecular complexity index is 1480. The maximum atomic E-state index is 12.6. The van der Waals surface area contributed by atoms with Crippen molar-refractivity contribution in [3.05, 3.63) is 107 Å². The summed E-state index contributed by atoms with van der Waals surface area (Å²) in [7, 11) is -3.81. The van der Waals surface area contributed by atoms with Crippen LogP contribution in [0, 0.1) is 13.8 Å². The second-order valence-corrected chi connectivity index (χ2v) is 10.5. The van der Waals surface area contributed by atoms with Gasteiger partial charge in [-0.15, -0.1) is 0 Å². The van der Waals surface area contributed by atoms with Crippen molar-refractivity contribution in [2.45, 2.75) is 18.7 Å². The van der Waals surface area contributed by atoms with Crippen LogP contribution in [0.3, 0.4) is 0 Å². The molecule has 0 radical (unpaired) electrons. The van der Waals surface area contributed by atoms with Gasteiger partial charge >= 0.3 is 0 Å². The molecule has 37 heavy (non-hydrogen) atoms. The molecule has 4 rings (SSSR count). The summed E-state index contributed by atoms with van der Waals surface area (Å²) in [6, 6.07) is 25.2. The van der Waals surface area contributed by atoms with Gasteiger partial charge in [-0.2, -0.15) is 0 Å². The quantitative estimate of drug-likeness (QED) is 0.252. The first-order valence-electron chi connectivity index (χ1n) is 11.3.